The molecule has 0 saturated heterocycles. The lowest BCUT2D eigenvalue weighted by molar-refractivity contribution is -0.150. The molecule has 0 spiro atoms. The number of halogens is 4. The predicted octanol–water partition coefficient (Wildman–Crippen LogP) is 7.28. The van der Waals surface area contributed by atoms with Crippen LogP contribution in [0.4, 0.5) is 29.2 Å². The van der Waals surface area contributed by atoms with Crippen molar-refractivity contribution in [3.05, 3.63) is 142 Å². The number of rotatable bonds is 8. The van der Waals surface area contributed by atoms with Crippen molar-refractivity contribution in [2.45, 2.75) is 52.2 Å². The highest BCUT2D eigenvalue weighted by molar-refractivity contribution is 6.07. The Bertz CT molecular complexity index is 3040. The molecule has 1 amide bonds. The molecule has 0 fully saturated rings. The fourth-order valence-electron chi connectivity index (χ4n) is 6.88. The summed E-state index contributed by atoms with van der Waals surface area (Å²) in [5, 5.41) is 28.4. The molecule has 6 N–H and O–H groups in total. The lowest BCUT2D eigenvalue weighted by atomic mass is 9.86. The summed E-state index contributed by atoms with van der Waals surface area (Å²) in [6, 6.07) is 21.8. The first-order chi connectivity index (χ1) is 30.3. The van der Waals surface area contributed by atoms with Gasteiger partial charge in [0.15, 0.2) is 17.3 Å². The standard InChI is InChI=1S/C22H18F2N6O.C15H12F2N4.C8H10N2O2/c1-22(2)16-18(25)26-20(27-19(16)28-21(22)31)17-13-9-12(23)7-8-15(13)30(29-17)10-11-5-3-4-6-14(11)24;16-10-5-6-13-11(7-10)14(15(18)19)20-21(13)8-9-3-1-2-4-12(9)17;1-8(2,7(11)12-4)6(5-9)10-3/h3-9H,10H2,1-2H3,(H3,25,26,27,28,31);1-7H,8H2,(H3,18,19);6H,1-2,4H3. The van der Waals surface area contributed by atoms with Crippen LogP contribution in [0.1, 0.15) is 50.1 Å². The molecule has 3 aromatic heterocycles. The summed E-state index contributed by atoms with van der Waals surface area (Å²) >= 11 is 0. The zero-order valence-electron chi connectivity index (χ0n) is 35.0. The summed E-state index contributed by atoms with van der Waals surface area (Å²) in [6.07, 6.45) is 0. The van der Waals surface area contributed by atoms with Crippen molar-refractivity contribution in [3.8, 4) is 17.6 Å². The van der Waals surface area contributed by atoms with Crippen molar-refractivity contribution in [2.75, 3.05) is 18.2 Å². The molecule has 8 rings (SSSR count). The average Bonchev–Trinajstić information content (AvgIpc) is 3.87. The van der Waals surface area contributed by atoms with Gasteiger partial charge in [0.25, 0.3) is 0 Å². The third kappa shape index (κ3) is 8.91. The first kappa shape index (κ1) is 45.3. The Morgan fingerprint density at radius 3 is 1.97 bits per heavy atom. The normalized spacial score (nSPS) is 13.0. The van der Waals surface area contributed by atoms with E-state index in [1.54, 1.807) is 73.1 Å². The number of carbonyl (C=O) groups excluding carboxylic acids is 2. The van der Waals surface area contributed by atoms with Crippen LogP contribution >= 0.6 is 0 Å². The molecule has 0 saturated carbocycles. The topological polar surface area (TPSA) is 221 Å². The van der Waals surface area contributed by atoms with Crippen molar-refractivity contribution in [3.63, 3.8) is 0 Å². The number of nitrogen functional groups attached to an aromatic ring is 2. The largest absolute Gasteiger partial charge is 0.468 e. The lowest BCUT2D eigenvalue weighted by Gasteiger charge is -2.17. The number of fused-ring (bicyclic) bond motifs is 3. The van der Waals surface area contributed by atoms with Gasteiger partial charge in [-0.1, -0.05) is 36.4 Å². The van der Waals surface area contributed by atoms with Crippen LogP contribution in [0.25, 0.3) is 38.2 Å². The third-order valence-corrected chi connectivity index (χ3v) is 10.5. The number of esters is 1. The van der Waals surface area contributed by atoms with Crippen molar-refractivity contribution in [1.82, 2.24) is 29.5 Å². The molecule has 0 bridgehead atoms. The molecule has 1 aliphatic heterocycles. The summed E-state index contributed by atoms with van der Waals surface area (Å²) in [6.45, 7) is 13.5. The Balaban J connectivity index is 0.000000178. The second-order valence-corrected chi connectivity index (χ2v) is 15.5. The van der Waals surface area contributed by atoms with Gasteiger partial charge in [-0.15, -0.1) is 0 Å². The number of anilines is 2. The van der Waals surface area contributed by atoms with Crippen molar-refractivity contribution < 1.29 is 31.9 Å². The second kappa shape index (κ2) is 18.0. The minimum Gasteiger partial charge on any atom is -0.468 e. The van der Waals surface area contributed by atoms with Gasteiger partial charge in [0, 0.05) is 21.9 Å². The van der Waals surface area contributed by atoms with Crippen molar-refractivity contribution in [1.29, 1.82) is 10.7 Å². The second-order valence-electron chi connectivity index (χ2n) is 15.5. The molecule has 4 heterocycles. The SMILES string of the molecule is CC1(C)C(=O)Nc2nc(-c3nn(Cc4ccccc4F)c4ccc(F)cc34)nc(N)c21.N=C(N)c1nn(Cc2ccccc2F)c2ccc(F)cc12.[C-]#[N+]C(C#N)C(C)(C)C(=O)OC. The number of nitriles is 1. The Morgan fingerprint density at radius 1 is 0.922 bits per heavy atom. The molecule has 0 aliphatic carbocycles. The Morgan fingerprint density at radius 2 is 1.45 bits per heavy atom. The number of benzene rings is 4. The number of ether oxygens (including phenoxy) is 1. The number of amidine groups is 1. The number of nitrogens with one attached hydrogen (secondary N) is 2. The van der Waals surface area contributed by atoms with Gasteiger partial charge < -0.3 is 21.5 Å². The summed E-state index contributed by atoms with van der Waals surface area (Å²) in [7, 11) is 1.24. The average molecular weight is 873 g/mol. The highest BCUT2D eigenvalue weighted by Crippen LogP contribution is 2.41. The van der Waals surface area contributed by atoms with E-state index in [0.717, 1.165) is 0 Å². The molecule has 326 valence electrons. The molecule has 7 aromatic rings. The van der Waals surface area contributed by atoms with E-state index in [9.17, 15) is 27.2 Å². The van der Waals surface area contributed by atoms with Gasteiger partial charge >= 0.3 is 12.0 Å². The van der Waals surface area contributed by atoms with E-state index in [4.69, 9.17) is 28.7 Å². The summed E-state index contributed by atoms with van der Waals surface area (Å²) in [4.78, 5) is 35.2. The summed E-state index contributed by atoms with van der Waals surface area (Å²) in [5.74, 6) is -2.01. The highest BCUT2D eigenvalue weighted by Gasteiger charge is 2.44. The fraction of sp³-hybridized carbons (Fsp3) is 0.222. The van der Waals surface area contributed by atoms with Crippen molar-refractivity contribution in [2.24, 2.45) is 11.1 Å². The van der Waals surface area contributed by atoms with Crippen LogP contribution in [-0.4, -0.2) is 60.4 Å². The van der Waals surface area contributed by atoms with Gasteiger partial charge in [-0.3, -0.25) is 29.2 Å². The third-order valence-electron chi connectivity index (χ3n) is 10.5. The van der Waals surface area contributed by atoms with Crippen LogP contribution in [0.2, 0.25) is 0 Å². The van der Waals surface area contributed by atoms with Crippen LogP contribution in [0.5, 0.6) is 0 Å². The Hall–Kier alpha value is -8.19. The molecule has 15 nitrogen and oxygen atoms in total. The minimum atomic E-state index is -1.05. The Kier molecular flexibility index (Phi) is 12.8. The van der Waals surface area contributed by atoms with E-state index in [1.807, 2.05) is 0 Å². The van der Waals surface area contributed by atoms with Gasteiger partial charge in [0.1, 0.15) is 52.1 Å². The number of hydrogen-bond acceptors (Lipinski definition) is 10. The quantitative estimate of drug-likeness (QED) is 0.0393. The van der Waals surface area contributed by atoms with Gasteiger partial charge in [-0.25, -0.2) is 34.1 Å². The first-order valence-corrected chi connectivity index (χ1v) is 19.3. The Labute approximate surface area is 363 Å². The summed E-state index contributed by atoms with van der Waals surface area (Å²) < 4.78 is 62.9. The summed E-state index contributed by atoms with van der Waals surface area (Å²) in [5.41, 5.74) is 12.8. The van der Waals surface area contributed by atoms with Gasteiger partial charge in [0.05, 0.1) is 42.2 Å². The van der Waals surface area contributed by atoms with Crippen LogP contribution in [0.3, 0.4) is 0 Å². The number of nitrogens with two attached hydrogens (primary N) is 2. The fourth-order valence-corrected chi connectivity index (χ4v) is 6.88. The molecule has 0 radical (unpaired) electrons. The van der Waals surface area contributed by atoms with Gasteiger partial charge in [-0.2, -0.15) is 15.5 Å². The number of hydrogen-bond donors (Lipinski definition) is 4. The molecule has 1 atom stereocenters. The van der Waals surface area contributed by atoms with Gasteiger partial charge in [0.2, 0.25) is 5.91 Å². The molecule has 19 heteroatoms. The highest BCUT2D eigenvalue weighted by atomic mass is 19.1. The van der Waals surface area contributed by atoms with E-state index in [1.165, 1.54) is 62.0 Å². The number of amides is 1. The smallest absolute Gasteiger partial charge is 0.322 e. The van der Waals surface area contributed by atoms with E-state index >= 15 is 0 Å². The molecular formula is C45H40F4N12O3. The number of aromatic nitrogens is 6. The van der Waals surface area contributed by atoms with E-state index in [2.05, 4.69) is 35.1 Å². The molecule has 1 aliphatic rings. The number of carbonyl (C=O) groups is 2. The van der Waals surface area contributed by atoms with Crippen LogP contribution in [0, 0.1) is 52.0 Å². The molecular weight excluding hydrogens is 833 g/mol. The van der Waals surface area contributed by atoms with Crippen molar-refractivity contribution >= 4 is 51.2 Å². The zero-order valence-corrected chi connectivity index (χ0v) is 35.0. The first-order valence-electron chi connectivity index (χ1n) is 19.3. The maximum Gasteiger partial charge on any atom is 0.322 e. The number of methoxy groups -OCH3 is 1. The van der Waals surface area contributed by atoms with E-state index < -0.39 is 34.5 Å². The van der Waals surface area contributed by atoms with E-state index in [-0.39, 0.29) is 53.8 Å². The maximum absolute atomic E-state index is 14.2. The molecule has 4 aromatic carbocycles. The lowest BCUT2D eigenvalue weighted by Crippen LogP contribution is -2.35. The van der Waals surface area contributed by atoms with Crippen LogP contribution in [-0.2, 0) is 32.8 Å². The zero-order chi connectivity index (χ0) is 46.7. The van der Waals surface area contributed by atoms with E-state index in [0.29, 0.717) is 50.0 Å². The number of nitrogens with zero attached hydrogens (tertiary/aromatic N) is 8. The van der Waals surface area contributed by atoms with Crippen LogP contribution in [0.15, 0.2) is 84.9 Å². The molecule has 1 unspecified atom stereocenters. The monoisotopic (exact) mass is 872 g/mol. The van der Waals surface area contributed by atoms with Crippen LogP contribution < -0.4 is 16.8 Å². The minimum absolute atomic E-state index is 0.138. The predicted molar refractivity (Wildman–Crippen MR) is 230 cm³/mol. The molecule has 64 heavy (non-hydrogen) atoms. The van der Waals surface area contributed by atoms with Gasteiger partial charge in [-0.05, 0) is 76.2 Å². The maximum atomic E-state index is 14.2.